The van der Waals surface area contributed by atoms with Crippen LogP contribution in [0.5, 0.6) is 11.5 Å². The average molecular weight is 276 g/mol. The highest BCUT2D eigenvalue weighted by atomic mass is 16.3. The Bertz CT molecular complexity index is 548. The van der Waals surface area contributed by atoms with Gasteiger partial charge in [-0.15, -0.1) is 0 Å². The summed E-state index contributed by atoms with van der Waals surface area (Å²) in [5.74, 6) is -1.26. The molecule has 1 aromatic carbocycles. The van der Waals surface area contributed by atoms with E-state index in [1.54, 1.807) is 4.90 Å². The summed E-state index contributed by atoms with van der Waals surface area (Å²) in [4.78, 5) is 25.3. The highest BCUT2D eigenvalue weighted by Crippen LogP contribution is 2.25. The standard InChI is InChI=1S/C14H16N2O4/c17-11(10-1-2-12(18)13(19)9-10)3-4-14(20)16-7-5-15-6-8-16/h1-4,9,15,18-19H,5-8H2/b4-3+. The predicted molar refractivity (Wildman–Crippen MR) is 72.7 cm³/mol. The minimum absolute atomic E-state index is 0.206. The van der Waals surface area contributed by atoms with Crippen molar-refractivity contribution >= 4 is 11.7 Å². The fourth-order valence-corrected chi connectivity index (χ4v) is 1.91. The summed E-state index contributed by atoms with van der Waals surface area (Å²) in [6.07, 6.45) is 2.41. The molecule has 0 unspecified atom stereocenters. The molecule has 0 aliphatic carbocycles. The van der Waals surface area contributed by atoms with Gasteiger partial charge in [0, 0.05) is 37.8 Å². The molecular weight excluding hydrogens is 260 g/mol. The Morgan fingerprint density at radius 2 is 1.80 bits per heavy atom. The van der Waals surface area contributed by atoms with Crippen LogP contribution in [0.3, 0.4) is 0 Å². The van der Waals surface area contributed by atoms with Crippen molar-refractivity contribution in [3.63, 3.8) is 0 Å². The van der Waals surface area contributed by atoms with Gasteiger partial charge in [0.05, 0.1) is 0 Å². The number of aromatic hydroxyl groups is 2. The molecule has 6 nitrogen and oxygen atoms in total. The van der Waals surface area contributed by atoms with E-state index >= 15 is 0 Å². The van der Waals surface area contributed by atoms with Gasteiger partial charge in [-0.05, 0) is 24.3 Å². The molecule has 6 heteroatoms. The monoisotopic (exact) mass is 276 g/mol. The Balaban J connectivity index is 2.00. The lowest BCUT2D eigenvalue weighted by Gasteiger charge is -2.26. The number of benzene rings is 1. The zero-order chi connectivity index (χ0) is 14.5. The molecule has 0 bridgehead atoms. The van der Waals surface area contributed by atoms with Gasteiger partial charge in [0.15, 0.2) is 17.3 Å². The van der Waals surface area contributed by atoms with E-state index in [0.717, 1.165) is 19.2 Å². The Morgan fingerprint density at radius 1 is 1.10 bits per heavy atom. The van der Waals surface area contributed by atoms with Crippen molar-refractivity contribution in [1.29, 1.82) is 0 Å². The molecule has 1 aliphatic rings. The number of amides is 1. The van der Waals surface area contributed by atoms with Crippen LogP contribution in [0.15, 0.2) is 30.4 Å². The van der Waals surface area contributed by atoms with Crippen molar-refractivity contribution < 1.29 is 19.8 Å². The first kappa shape index (κ1) is 14.1. The molecule has 0 saturated carbocycles. The largest absolute Gasteiger partial charge is 0.504 e. The SMILES string of the molecule is O=C(/C=C/C(=O)N1CCNCC1)c1ccc(O)c(O)c1. The van der Waals surface area contributed by atoms with Gasteiger partial charge in [-0.25, -0.2) is 0 Å². The van der Waals surface area contributed by atoms with Gasteiger partial charge in [0.25, 0.3) is 0 Å². The molecule has 3 N–H and O–H groups in total. The average Bonchev–Trinajstić information content (AvgIpc) is 2.48. The number of nitrogens with one attached hydrogen (secondary N) is 1. The molecule has 0 atom stereocenters. The van der Waals surface area contributed by atoms with Gasteiger partial charge in [-0.1, -0.05) is 0 Å². The number of nitrogens with zero attached hydrogens (tertiary/aromatic N) is 1. The van der Waals surface area contributed by atoms with Crippen molar-refractivity contribution in [1.82, 2.24) is 10.2 Å². The number of hydrogen-bond acceptors (Lipinski definition) is 5. The van der Waals surface area contributed by atoms with Gasteiger partial charge in [-0.2, -0.15) is 0 Å². The lowest BCUT2D eigenvalue weighted by molar-refractivity contribution is -0.126. The fourth-order valence-electron chi connectivity index (χ4n) is 1.91. The van der Waals surface area contributed by atoms with Crippen LogP contribution in [-0.2, 0) is 4.79 Å². The van der Waals surface area contributed by atoms with Crippen LogP contribution in [-0.4, -0.2) is 53.0 Å². The van der Waals surface area contributed by atoms with E-state index in [0.29, 0.717) is 13.1 Å². The van der Waals surface area contributed by atoms with E-state index in [1.807, 2.05) is 0 Å². The van der Waals surface area contributed by atoms with Crippen molar-refractivity contribution in [2.45, 2.75) is 0 Å². The molecule has 1 aliphatic heterocycles. The highest BCUT2D eigenvalue weighted by molar-refractivity contribution is 6.07. The lowest BCUT2D eigenvalue weighted by atomic mass is 10.1. The highest BCUT2D eigenvalue weighted by Gasteiger charge is 2.14. The summed E-state index contributed by atoms with van der Waals surface area (Å²) in [6.45, 7) is 2.74. The van der Waals surface area contributed by atoms with Crippen molar-refractivity contribution in [3.05, 3.63) is 35.9 Å². The van der Waals surface area contributed by atoms with Crippen LogP contribution >= 0.6 is 0 Å². The normalized spacial score (nSPS) is 15.5. The van der Waals surface area contributed by atoms with E-state index in [-0.39, 0.29) is 23.0 Å². The molecule has 0 aromatic heterocycles. The van der Waals surface area contributed by atoms with Gasteiger partial charge in [-0.3, -0.25) is 9.59 Å². The van der Waals surface area contributed by atoms with E-state index in [1.165, 1.54) is 24.3 Å². The quantitative estimate of drug-likeness (QED) is 0.419. The Labute approximate surface area is 116 Å². The minimum Gasteiger partial charge on any atom is -0.504 e. The van der Waals surface area contributed by atoms with Gasteiger partial charge in [0.1, 0.15) is 0 Å². The third kappa shape index (κ3) is 3.36. The molecule has 1 saturated heterocycles. The lowest BCUT2D eigenvalue weighted by Crippen LogP contribution is -2.45. The number of carbonyl (C=O) groups is 2. The zero-order valence-corrected chi connectivity index (χ0v) is 10.9. The molecule has 106 valence electrons. The second-order valence-corrected chi connectivity index (χ2v) is 4.48. The third-order valence-corrected chi connectivity index (χ3v) is 3.07. The summed E-state index contributed by atoms with van der Waals surface area (Å²) in [7, 11) is 0. The predicted octanol–water partition coefficient (Wildman–Crippen LogP) is 0.268. The van der Waals surface area contributed by atoms with Crippen LogP contribution < -0.4 is 5.32 Å². The molecule has 1 amide bonds. The number of piperazine rings is 1. The maximum Gasteiger partial charge on any atom is 0.246 e. The zero-order valence-electron chi connectivity index (χ0n) is 10.9. The molecule has 1 aromatic rings. The number of phenolic OH excluding ortho intramolecular Hbond substituents is 2. The summed E-state index contributed by atoms with van der Waals surface area (Å²) in [5, 5.41) is 21.6. The maximum atomic E-state index is 11.8. The van der Waals surface area contributed by atoms with Crippen LogP contribution in [0.25, 0.3) is 0 Å². The number of carbonyl (C=O) groups excluding carboxylic acids is 2. The molecule has 0 spiro atoms. The molecule has 1 fully saturated rings. The summed E-state index contributed by atoms with van der Waals surface area (Å²) in [6, 6.07) is 3.78. The van der Waals surface area contributed by atoms with Crippen LogP contribution in [0, 0.1) is 0 Å². The first-order chi connectivity index (χ1) is 9.58. The Hall–Kier alpha value is -2.34. The minimum atomic E-state index is -0.399. The second kappa shape index (κ2) is 6.21. The Kier molecular flexibility index (Phi) is 4.37. The van der Waals surface area contributed by atoms with Crippen molar-refractivity contribution in [3.8, 4) is 11.5 Å². The molecule has 20 heavy (non-hydrogen) atoms. The van der Waals surface area contributed by atoms with Crippen LogP contribution in [0.4, 0.5) is 0 Å². The number of hydrogen-bond donors (Lipinski definition) is 3. The van der Waals surface area contributed by atoms with E-state index < -0.39 is 5.78 Å². The molecule has 2 rings (SSSR count). The first-order valence-corrected chi connectivity index (χ1v) is 6.32. The van der Waals surface area contributed by atoms with Gasteiger partial charge < -0.3 is 20.4 Å². The fraction of sp³-hybridized carbons (Fsp3) is 0.286. The van der Waals surface area contributed by atoms with Crippen LogP contribution in [0.2, 0.25) is 0 Å². The summed E-state index contributed by atoms with van der Waals surface area (Å²) >= 11 is 0. The van der Waals surface area contributed by atoms with Gasteiger partial charge in [0.2, 0.25) is 5.91 Å². The van der Waals surface area contributed by atoms with E-state index in [4.69, 9.17) is 5.11 Å². The summed E-state index contributed by atoms with van der Waals surface area (Å²) in [5.41, 5.74) is 0.213. The van der Waals surface area contributed by atoms with E-state index in [2.05, 4.69) is 5.32 Å². The topological polar surface area (TPSA) is 89.9 Å². The maximum absolute atomic E-state index is 11.8. The summed E-state index contributed by atoms with van der Waals surface area (Å²) < 4.78 is 0. The smallest absolute Gasteiger partial charge is 0.246 e. The molecule has 1 heterocycles. The first-order valence-electron chi connectivity index (χ1n) is 6.32. The number of phenols is 2. The Morgan fingerprint density at radius 3 is 2.45 bits per heavy atom. The number of ketones is 1. The third-order valence-electron chi connectivity index (χ3n) is 3.07. The van der Waals surface area contributed by atoms with Gasteiger partial charge >= 0.3 is 0 Å². The second-order valence-electron chi connectivity index (χ2n) is 4.48. The number of rotatable bonds is 3. The number of allylic oxidation sites excluding steroid dienone is 1. The molecule has 0 radical (unpaired) electrons. The van der Waals surface area contributed by atoms with E-state index in [9.17, 15) is 14.7 Å². The van der Waals surface area contributed by atoms with Crippen molar-refractivity contribution in [2.75, 3.05) is 26.2 Å². The van der Waals surface area contributed by atoms with Crippen LogP contribution in [0.1, 0.15) is 10.4 Å². The van der Waals surface area contributed by atoms with Crippen molar-refractivity contribution in [2.24, 2.45) is 0 Å². The molecular formula is C14H16N2O4.